The number of amides is 2. The van der Waals surface area contributed by atoms with E-state index in [9.17, 15) is 19.7 Å². The van der Waals surface area contributed by atoms with Crippen LogP contribution in [0.5, 0.6) is 0 Å². The predicted octanol–water partition coefficient (Wildman–Crippen LogP) is 6.29. The Morgan fingerprint density at radius 2 is 1.45 bits per heavy atom. The number of rotatable bonds is 6. The lowest BCUT2D eigenvalue weighted by molar-refractivity contribution is -0.384. The molecule has 1 aliphatic heterocycles. The Morgan fingerprint density at radius 1 is 0.875 bits per heavy atom. The number of nitro benzene ring substituents is 1. The second-order valence-corrected chi connectivity index (χ2v) is 10.8. The molecule has 0 radical (unpaired) electrons. The summed E-state index contributed by atoms with van der Waals surface area (Å²) in [7, 11) is 0. The Hall–Kier alpha value is -4.54. The van der Waals surface area contributed by atoms with Gasteiger partial charge in [0.1, 0.15) is 5.57 Å². The highest BCUT2D eigenvalue weighted by atomic mass is 32.2. The van der Waals surface area contributed by atoms with Crippen LogP contribution in [0.3, 0.4) is 0 Å². The second kappa shape index (κ2) is 10.9. The Kier molecular flexibility index (Phi) is 7.38. The zero-order valence-electron chi connectivity index (χ0n) is 21.9. The van der Waals surface area contributed by atoms with Crippen molar-refractivity contribution in [3.63, 3.8) is 0 Å². The minimum Gasteiger partial charge on any atom is -0.318 e. The van der Waals surface area contributed by atoms with E-state index in [4.69, 9.17) is 12.2 Å². The topological polar surface area (TPSA) is 97.5 Å². The third-order valence-electron chi connectivity index (χ3n) is 6.54. The molecule has 1 aliphatic rings. The van der Waals surface area contributed by atoms with Crippen molar-refractivity contribution in [3.05, 3.63) is 117 Å². The standard InChI is InChI=1S/C30H24N4O4S2/c1-18-4-6-23(7-5-18)33-29(36)27(28(35)31-30(33)39)17-21-16-19(2)32(20(21)3)22-8-12-25(13-9-22)40-26-14-10-24(11-15-26)34(37)38/h4-17H,1-3H3,(H,31,35,39)/b27-17-. The third-order valence-corrected chi connectivity index (χ3v) is 7.84. The molecule has 3 aromatic carbocycles. The Bertz CT molecular complexity index is 1690. The summed E-state index contributed by atoms with van der Waals surface area (Å²) in [4.78, 5) is 39.9. The molecule has 40 heavy (non-hydrogen) atoms. The number of anilines is 1. The Labute approximate surface area is 240 Å². The average Bonchev–Trinajstić information content (AvgIpc) is 3.20. The first-order valence-electron chi connectivity index (χ1n) is 12.3. The molecule has 0 saturated carbocycles. The van der Waals surface area contributed by atoms with Crippen molar-refractivity contribution in [3.8, 4) is 5.69 Å². The molecular weight excluding hydrogens is 544 g/mol. The third kappa shape index (κ3) is 5.31. The van der Waals surface area contributed by atoms with Crippen LogP contribution in [-0.4, -0.2) is 26.4 Å². The fourth-order valence-electron chi connectivity index (χ4n) is 4.51. The van der Waals surface area contributed by atoms with Crippen molar-refractivity contribution in [2.75, 3.05) is 4.90 Å². The number of hydrogen-bond donors (Lipinski definition) is 1. The lowest BCUT2D eigenvalue weighted by atomic mass is 10.1. The van der Waals surface area contributed by atoms with E-state index in [1.807, 2.05) is 63.2 Å². The van der Waals surface area contributed by atoms with Crippen LogP contribution >= 0.6 is 24.0 Å². The molecule has 8 nitrogen and oxygen atoms in total. The highest BCUT2D eigenvalue weighted by Crippen LogP contribution is 2.31. The maximum absolute atomic E-state index is 13.4. The molecule has 10 heteroatoms. The predicted molar refractivity (Wildman–Crippen MR) is 160 cm³/mol. The van der Waals surface area contributed by atoms with Crippen LogP contribution < -0.4 is 10.2 Å². The summed E-state index contributed by atoms with van der Waals surface area (Å²) in [5, 5.41) is 13.6. The summed E-state index contributed by atoms with van der Waals surface area (Å²) in [6.07, 6.45) is 1.61. The number of carbonyl (C=O) groups is 2. The molecule has 1 fully saturated rings. The average molecular weight is 569 g/mol. The number of aromatic nitrogens is 1. The molecule has 2 amide bonds. The lowest BCUT2D eigenvalue weighted by Crippen LogP contribution is -2.54. The largest absolute Gasteiger partial charge is 0.318 e. The number of aryl methyl sites for hydroxylation is 2. The van der Waals surface area contributed by atoms with Gasteiger partial charge in [0.2, 0.25) is 0 Å². The van der Waals surface area contributed by atoms with E-state index in [1.54, 1.807) is 30.3 Å². The first-order valence-corrected chi connectivity index (χ1v) is 13.5. The number of carbonyl (C=O) groups excluding carboxylic acids is 2. The van der Waals surface area contributed by atoms with Crippen LogP contribution in [0.15, 0.2) is 94.2 Å². The quantitative estimate of drug-likeness (QED) is 0.0965. The van der Waals surface area contributed by atoms with Gasteiger partial charge >= 0.3 is 0 Å². The van der Waals surface area contributed by atoms with Gasteiger partial charge < -0.3 is 4.57 Å². The number of nitrogens with zero attached hydrogens (tertiary/aromatic N) is 3. The van der Waals surface area contributed by atoms with E-state index >= 15 is 0 Å². The zero-order chi connectivity index (χ0) is 28.6. The van der Waals surface area contributed by atoms with Gasteiger partial charge in [-0.3, -0.25) is 29.9 Å². The normalized spacial score (nSPS) is 14.5. The molecule has 4 aromatic rings. The van der Waals surface area contributed by atoms with Crippen molar-refractivity contribution in [1.82, 2.24) is 9.88 Å². The fourth-order valence-corrected chi connectivity index (χ4v) is 5.61. The molecule has 1 saturated heterocycles. The first-order chi connectivity index (χ1) is 19.1. The minimum absolute atomic E-state index is 0.00395. The fraction of sp³-hybridized carbons (Fsp3) is 0.100. The molecule has 2 heterocycles. The van der Waals surface area contributed by atoms with Gasteiger partial charge in [0.15, 0.2) is 5.11 Å². The maximum Gasteiger partial charge on any atom is 0.270 e. The van der Waals surface area contributed by atoms with Crippen molar-refractivity contribution < 1.29 is 14.5 Å². The van der Waals surface area contributed by atoms with E-state index in [2.05, 4.69) is 9.88 Å². The van der Waals surface area contributed by atoms with Crippen LogP contribution in [0.2, 0.25) is 0 Å². The second-order valence-electron chi connectivity index (χ2n) is 9.30. The van der Waals surface area contributed by atoms with Crippen LogP contribution in [0, 0.1) is 30.9 Å². The molecule has 1 aromatic heterocycles. The molecule has 200 valence electrons. The zero-order valence-corrected chi connectivity index (χ0v) is 23.5. The highest BCUT2D eigenvalue weighted by Gasteiger charge is 2.34. The summed E-state index contributed by atoms with van der Waals surface area (Å²) in [5.41, 5.74) is 5.18. The van der Waals surface area contributed by atoms with Crippen molar-refractivity contribution in [2.24, 2.45) is 0 Å². The smallest absolute Gasteiger partial charge is 0.270 e. The Morgan fingerprint density at radius 3 is 2.05 bits per heavy atom. The molecular formula is C30H24N4O4S2. The van der Waals surface area contributed by atoms with E-state index in [-0.39, 0.29) is 16.4 Å². The lowest BCUT2D eigenvalue weighted by Gasteiger charge is -2.29. The molecule has 1 N–H and O–H groups in total. The minimum atomic E-state index is -0.532. The maximum atomic E-state index is 13.4. The SMILES string of the molecule is Cc1ccc(N2C(=O)/C(=C\c3cc(C)n(-c4ccc(Sc5ccc([N+](=O)[O-])cc5)cc4)c3C)C(=O)NC2=S)cc1. The van der Waals surface area contributed by atoms with Crippen LogP contribution in [-0.2, 0) is 9.59 Å². The van der Waals surface area contributed by atoms with Gasteiger partial charge in [-0.2, -0.15) is 0 Å². The highest BCUT2D eigenvalue weighted by molar-refractivity contribution is 7.99. The molecule has 0 atom stereocenters. The molecule has 5 rings (SSSR count). The number of non-ortho nitro benzene ring substituents is 1. The van der Waals surface area contributed by atoms with Crippen molar-refractivity contribution in [2.45, 2.75) is 30.6 Å². The monoisotopic (exact) mass is 568 g/mol. The van der Waals surface area contributed by atoms with Crippen molar-refractivity contribution in [1.29, 1.82) is 0 Å². The Balaban J connectivity index is 1.41. The number of nitro groups is 1. The number of nitrogens with one attached hydrogen (secondary N) is 1. The summed E-state index contributed by atoms with van der Waals surface area (Å²) in [6.45, 7) is 5.85. The van der Waals surface area contributed by atoms with Gasteiger partial charge in [-0.1, -0.05) is 29.5 Å². The van der Waals surface area contributed by atoms with Crippen LogP contribution in [0.1, 0.15) is 22.5 Å². The van der Waals surface area contributed by atoms with E-state index < -0.39 is 16.7 Å². The number of hydrogen-bond acceptors (Lipinski definition) is 6. The van der Waals surface area contributed by atoms with Crippen molar-refractivity contribution >= 4 is 58.4 Å². The summed E-state index contributed by atoms with van der Waals surface area (Å²) in [5.74, 6) is -1.01. The van der Waals surface area contributed by atoms with Gasteiger partial charge in [0.05, 0.1) is 10.6 Å². The number of thiocarbonyl (C=S) groups is 1. The number of benzene rings is 3. The van der Waals surface area contributed by atoms with E-state index in [0.717, 1.165) is 38.0 Å². The van der Waals surface area contributed by atoms with Gasteiger partial charge in [-0.05, 0) is 99.2 Å². The molecule has 0 bridgehead atoms. The van der Waals surface area contributed by atoms with Gasteiger partial charge in [0, 0.05) is 39.0 Å². The first kappa shape index (κ1) is 27.0. The van der Waals surface area contributed by atoms with E-state index in [1.165, 1.54) is 28.8 Å². The molecule has 0 spiro atoms. The van der Waals surface area contributed by atoms with Gasteiger partial charge in [0.25, 0.3) is 17.5 Å². The molecule has 0 aliphatic carbocycles. The van der Waals surface area contributed by atoms with Crippen LogP contribution in [0.25, 0.3) is 11.8 Å². The summed E-state index contributed by atoms with van der Waals surface area (Å²) < 4.78 is 2.06. The van der Waals surface area contributed by atoms with Gasteiger partial charge in [-0.25, -0.2) is 0 Å². The van der Waals surface area contributed by atoms with Crippen LogP contribution in [0.4, 0.5) is 11.4 Å². The van der Waals surface area contributed by atoms with E-state index in [0.29, 0.717) is 5.69 Å². The molecule has 0 unspecified atom stereocenters. The summed E-state index contributed by atoms with van der Waals surface area (Å²) >= 11 is 6.82. The summed E-state index contributed by atoms with van der Waals surface area (Å²) in [6, 6.07) is 23.7. The van der Waals surface area contributed by atoms with Gasteiger partial charge in [-0.15, -0.1) is 0 Å².